The minimum absolute atomic E-state index is 0.0289. The number of carbonyl (C=O) groups is 2. The molecule has 1 unspecified atom stereocenters. The number of carbonyl (C=O) groups excluding carboxylic acids is 2. The summed E-state index contributed by atoms with van der Waals surface area (Å²) in [5.41, 5.74) is -2.09. The van der Waals surface area contributed by atoms with Crippen LogP contribution in [0.25, 0.3) is 0 Å². The van der Waals surface area contributed by atoms with Crippen LogP contribution in [0.4, 0.5) is 8.78 Å². The van der Waals surface area contributed by atoms with E-state index in [1.165, 1.54) is 18.2 Å². The summed E-state index contributed by atoms with van der Waals surface area (Å²) in [4.78, 5) is 24.5. The van der Waals surface area contributed by atoms with Gasteiger partial charge in [0.05, 0.1) is 6.61 Å². The number of benzene rings is 1. The first kappa shape index (κ1) is 15.9. The van der Waals surface area contributed by atoms with Crippen LogP contribution in [-0.2, 0) is 16.0 Å². The van der Waals surface area contributed by atoms with E-state index >= 15 is 0 Å². The van der Waals surface area contributed by atoms with E-state index in [0.717, 1.165) is 6.42 Å². The van der Waals surface area contributed by atoms with Gasteiger partial charge in [-0.1, -0.05) is 37.1 Å². The van der Waals surface area contributed by atoms with Crippen molar-refractivity contribution in [3.63, 3.8) is 0 Å². The van der Waals surface area contributed by atoms with Gasteiger partial charge in [0.2, 0.25) is 0 Å². The highest BCUT2D eigenvalue weighted by atomic mass is 35.5. The Bertz CT molecular complexity index is 574. The van der Waals surface area contributed by atoms with Crippen molar-refractivity contribution in [2.75, 3.05) is 6.61 Å². The molecule has 3 nitrogen and oxygen atoms in total. The fourth-order valence-electron chi connectivity index (χ4n) is 2.42. The average molecular weight is 317 g/mol. The van der Waals surface area contributed by atoms with Gasteiger partial charge in [0.1, 0.15) is 0 Å². The first-order valence-electron chi connectivity index (χ1n) is 6.72. The largest absolute Gasteiger partial charge is 0.465 e. The number of ether oxygens (including phenoxy) is 1. The van der Waals surface area contributed by atoms with E-state index < -0.39 is 30.0 Å². The van der Waals surface area contributed by atoms with Crippen LogP contribution in [0.2, 0.25) is 5.02 Å². The van der Waals surface area contributed by atoms with Crippen molar-refractivity contribution >= 4 is 23.4 Å². The molecule has 1 aliphatic carbocycles. The monoisotopic (exact) mass is 316 g/mol. The van der Waals surface area contributed by atoms with Crippen molar-refractivity contribution in [3.8, 4) is 0 Å². The molecule has 1 atom stereocenters. The van der Waals surface area contributed by atoms with E-state index in [2.05, 4.69) is 0 Å². The molecule has 0 fully saturated rings. The molecule has 1 aliphatic rings. The van der Waals surface area contributed by atoms with Gasteiger partial charge in [-0.15, -0.1) is 0 Å². The number of alkyl halides is 2. The summed E-state index contributed by atoms with van der Waals surface area (Å²) in [6.07, 6.45) is -2.23. The van der Waals surface area contributed by atoms with Crippen molar-refractivity contribution in [2.24, 2.45) is 5.41 Å². The highest BCUT2D eigenvalue weighted by Crippen LogP contribution is 2.44. The molecule has 0 amide bonds. The maximum Gasteiger partial charge on any atom is 0.326 e. The highest BCUT2D eigenvalue weighted by Gasteiger charge is 2.60. The predicted molar refractivity (Wildman–Crippen MR) is 73.8 cm³/mol. The molecular formula is C15H15ClF2O3. The number of fused-ring (bicyclic) bond motifs is 1. The topological polar surface area (TPSA) is 43.4 Å². The van der Waals surface area contributed by atoms with Crippen LogP contribution in [-0.4, -0.2) is 24.8 Å². The summed E-state index contributed by atoms with van der Waals surface area (Å²) >= 11 is 5.95. The van der Waals surface area contributed by atoms with Gasteiger partial charge < -0.3 is 4.74 Å². The zero-order valence-corrected chi connectivity index (χ0v) is 12.3. The van der Waals surface area contributed by atoms with Gasteiger partial charge in [-0.2, -0.15) is 0 Å². The van der Waals surface area contributed by atoms with Crippen molar-refractivity contribution < 1.29 is 23.1 Å². The SMILES string of the molecule is CCCCOC(=O)C1(C(F)F)Cc2c(Cl)cccc2C1=O. The number of unbranched alkanes of at least 4 members (excludes halogenated alkanes) is 1. The minimum atomic E-state index is -3.14. The molecule has 0 saturated heterocycles. The lowest BCUT2D eigenvalue weighted by Crippen LogP contribution is -2.45. The van der Waals surface area contributed by atoms with Crippen LogP contribution in [0.1, 0.15) is 35.7 Å². The molecule has 0 bridgehead atoms. The summed E-state index contributed by atoms with van der Waals surface area (Å²) in [7, 11) is 0. The van der Waals surface area contributed by atoms with Crippen LogP contribution in [0.3, 0.4) is 0 Å². The molecule has 0 N–H and O–H groups in total. The molecule has 0 aliphatic heterocycles. The quantitative estimate of drug-likeness (QED) is 0.473. The summed E-state index contributed by atoms with van der Waals surface area (Å²) in [5, 5.41) is 0.213. The van der Waals surface area contributed by atoms with E-state index in [1.807, 2.05) is 6.92 Å². The molecule has 0 aromatic heterocycles. The zero-order valence-electron chi connectivity index (χ0n) is 11.5. The second-order valence-corrected chi connectivity index (χ2v) is 5.44. The van der Waals surface area contributed by atoms with E-state index in [-0.39, 0.29) is 22.8 Å². The van der Waals surface area contributed by atoms with Crippen LogP contribution in [0.5, 0.6) is 0 Å². The average Bonchev–Trinajstić information content (AvgIpc) is 2.75. The van der Waals surface area contributed by atoms with Crippen LogP contribution in [0, 0.1) is 5.41 Å². The maximum absolute atomic E-state index is 13.5. The number of hydrogen-bond donors (Lipinski definition) is 0. The Morgan fingerprint density at radius 3 is 2.76 bits per heavy atom. The fraction of sp³-hybridized carbons (Fsp3) is 0.467. The number of Topliss-reactive ketones (excluding diaryl/α,β-unsaturated/α-hetero) is 1. The molecule has 0 heterocycles. The standard InChI is InChI=1S/C15H15ClF2O3/c1-2-3-7-21-14(20)15(13(17)18)8-10-9(12(15)19)5-4-6-11(10)16/h4-6,13H,2-3,7-8H2,1H3. The summed E-state index contributed by atoms with van der Waals surface area (Å²) in [5.74, 6) is -2.07. The molecule has 0 radical (unpaired) electrons. The first-order valence-corrected chi connectivity index (χ1v) is 7.10. The molecule has 21 heavy (non-hydrogen) atoms. The normalized spacial score (nSPS) is 20.7. The summed E-state index contributed by atoms with van der Waals surface area (Å²) in [6.45, 7) is 1.91. The number of halogens is 3. The maximum atomic E-state index is 13.5. The number of esters is 1. The Morgan fingerprint density at radius 1 is 1.48 bits per heavy atom. The number of ketones is 1. The Hall–Kier alpha value is -1.49. The molecule has 1 aromatic carbocycles. The molecule has 0 spiro atoms. The Morgan fingerprint density at radius 2 is 2.19 bits per heavy atom. The molecule has 114 valence electrons. The van der Waals surface area contributed by atoms with Gasteiger partial charge in [0, 0.05) is 17.0 Å². The lowest BCUT2D eigenvalue weighted by atomic mass is 9.84. The highest BCUT2D eigenvalue weighted by molar-refractivity contribution is 6.33. The van der Waals surface area contributed by atoms with Gasteiger partial charge in [-0.3, -0.25) is 9.59 Å². The molecule has 1 aromatic rings. The molecular weight excluding hydrogens is 302 g/mol. The van der Waals surface area contributed by atoms with Crippen molar-refractivity contribution in [1.29, 1.82) is 0 Å². The van der Waals surface area contributed by atoms with Crippen molar-refractivity contribution in [2.45, 2.75) is 32.6 Å². The lowest BCUT2D eigenvalue weighted by Gasteiger charge is -2.24. The third-order valence-electron chi connectivity index (χ3n) is 3.69. The first-order chi connectivity index (χ1) is 9.95. The Kier molecular flexibility index (Phi) is 4.61. The van der Waals surface area contributed by atoms with Crippen molar-refractivity contribution in [1.82, 2.24) is 0 Å². The molecule has 2 rings (SSSR count). The number of rotatable bonds is 5. The predicted octanol–water partition coefficient (Wildman–Crippen LogP) is 3.67. The smallest absolute Gasteiger partial charge is 0.326 e. The third kappa shape index (κ3) is 2.55. The van der Waals surface area contributed by atoms with E-state index in [0.29, 0.717) is 6.42 Å². The fourth-order valence-corrected chi connectivity index (χ4v) is 2.66. The zero-order chi connectivity index (χ0) is 15.6. The Balaban J connectivity index is 2.36. The molecule has 0 saturated carbocycles. The van der Waals surface area contributed by atoms with Gasteiger partial charge >= 0.3 is 5.97 Å². The van der Waals surface area contributed by atoms with Crippen LogP contribution < -0.4 is 0 Å². The lowest BCUT2D eigenvalue weighted by molar-refractivity contribution is -0.160. The minimum Gasteiger partial charge on any atom is -0.465 e. The molecule has 6 heteroatoms. The second kappa shape index (κ2) is 6.10. The van der Waals surface area contributed by atoms with Gasteiger partial charge in [-0.05, 0) is 18.1 Å². The van der Waals surface area contributed by atoms with Crippen molar-refractivity contribution in [3.05, 3.63) is 34.3 Å². The van der Waals surface area contributed by atoms with Gasteiger partial charge in [0.15, 0.2) is 11.2 Å². The number of hydrogen-bond acceptors (Lipinski definition) is 3. The van der Waals surface area contributed by atoms with E-state index in [9.17, 15) is 18.4 Å². The van der Waals surface area contributed by atoms with Crippen LogP contribution >= 0.6 is 11.6 Å². The third-order valence-corrected chi connectivity index (χ3v) is 4.05. The second-order valence-electron chi connectivity index (χ2n) is 5.03. The van der Waals surface area contributed by atoms with Crippen LogP contribution in [0.15, 0.2) is 18.2 Å². The van der Waals surface area contributed by atoms with Gasteiger partial charge in [-0.25, -0.2) is 8.78 Å². The summed E-state index contributed by atoms with van der Waals surface area (Å²) in [6, 6.07) is 4.42. The summed E-state index contributed by atoms with van der Waals surface area (Å²) < 4.78 is 32.0. The van der Waals surface area contributed by atoms with E-state index in [4.69, 9.17) is 16.3 Å². The van der Waals surface area contributed by atoms with E-state index in [1.54, 1.807) is 0 Å². The van der Waals surface area contributed by atoms with Gasteiger partial charge in [0.25, 0.3) is 6.43 Å². The Labute approximate surface area is 126 Å².